The summed E-state index contributed by atoms with van der Waals surface area (Å²) in [6.07, 6.45) is 1.22. The first-order valence-corrected chi connectivity index (χ1v) is 7.98. The third kappa shape index (κ3) is 5.43. The molecule has 0 saturated heterocycles. The number of rotatable bonds is 8. The van der Waals surface area contributed by atoms with Crippen molar-refractivity contribution in [3.05, 3.63) is 24.3 Å². The van der Waals surface area contributed by atoms with Crippen LogP contribution in [-0.4, -0.2) is 41.1 Å². The van der Waals surface area contributed by atoms with Crippen LogP contribution < -0.4 is 15.8 Å². The number of benzene rings is 1. The Labute approximate surface area is 124 Å². The van der Waals surface area contributed by atoms with Gasteiger partial charge in [-0.15, -0.1) is 0 Å². The number of carbonyl (C=O) groups is 1. The summed E-state index contributed by atoms with van der Waals surface area (Å²) in [6.45, 7) is 0.553. The molecule has 0 radical (unpaired) electrons. The molecule has 0 aromatic heterocycles. The summed E-state index contributed by atoms with van der Waals surface area (Å²) in [6, 6.07) is 5.24. The molecule has 0 spiro atoms. The van der Waals surface area contributed by atoms with E-state index in [0.29, 0.717) is 25.1 Å². The minimum absolute atomic E-state index is 0.132. The molecule has 0 heterocycles. The largest absolute Gasteiger partial charge is 0.385 e. The third-order valence-corrected chi connectivity index (χ3v) is 4.33. The van der Waals surface area contributed by atoms with Crippen LogP contribution >= 0.6 is 0 Å². The summed E-state index contributed by atoms with van der Waals surface area (Å²) >= 11 is 0. The number of nitrogens with one attached hydrogen (secondary N) is 2. The van der Waals surface area contributed by atoms with Crippen molar-refractivity contribution in [1.29, 1.82) is 0 Å². The third-order valence-electron chi connectivity index (χ3n) is 2.90. The summed E-state index contributed by atoms with van der Waals surface area (Å²) in [5, 5.41) is 2.65. The highest BCUT2D eigenvalue weighted by atomic mass is 32.2. The molecule has 0 fully saturated rings. The zero-order valence-electron chi connectivity index (χ0n) is 12.1. The Hall–Kier alpha value is -1.48. The van der Waals surface area contributed by atoms with E-state index in [4.69, 9.17) is 10.5 Å². The molecule has 4 N–H and O–H groups in total. The van der Waals surface area contributed by atoms with Gasteiger partial charge in [-0.3, -0.25) is 4.79 Å². The standard InChI is InChI=1S/C13H21N3O4S/c1-15-21(18,19)11-7-5-10(6-8-11)16-13(17)12(14)4-3-9-20-2/h5-8,12,15H,3-4,9,14H2,1-2H3,(H,16,17). The summed E-state index contributed by atoms with van der Waals surface area (Å²) in [4.78, 5) is 12.0. The second-order valence-electron chi connectivity index (χ2n) is 4.46. The van der Waals surface area contributed by atoms with Crippen LogP contribution in [0.25, 0.3) is 0 Å². The van der Waals surface area contributed by atoms with Crippen LogP contribution in [-0.2, 0) is 19.6 Å². The highest BCUT2D eigenvalue weighted by Gasteiger charge is 2.14. The van der Waals surface area contributed by atoms with E-state index in [-0.39, 0.29) is 10.8 Å². The predicted molar refractivity (Wildman–Crippen MR) is 80.4 cm³/mol. The highest BCUT2D eigenvalue weighted by molar-refractivity contribution is 7.89. The molecule has 1 amide bonds. The fourth-order valence-electron chi connectivity index (χ4n) is 1.65. The van der Waals surface area contributed by atoms with E-state index >= 15 is 0 Å². The minimum Gasteiger partial charge on any atom is -0.385 e. The first-order valence-electron chi connectivity index (χ1n) is 6.49. The molecule has 0 aliphatic heterocycles. The number of sulfonamides is 1. The molecular formula is C13H21N3O4S. The van der Waals surface area contributed by atoms with Gasteiger partial charge in [0.05, 0.1) is 10.9 Å². The van der Waals surface area contributed by atoms with Gasteiger partial charge < -0.3 is 15.8 Å². The average Bonchev–Trinajstić information content (AvgIpc) is 2.48. The van der Waals surface area contributed by atoms with Crippen molar-refractivity contribution in [3.8, 4) is 0 Å². The fourth-order valence-corrected chi connectivity index (χ4v) is 2.38. The van der Waals surface area contributed by atoms with Crippen LogP contribution in [0, 0.1) is 0 Å². The first kappa shape index (κ1) is 17.6. The number of hydrogen-bond acceptors (Lipinski definition) is 5. The van der Waals surface area contributed by atoms with Gasteiger partial charge in [0.25, 0.3) is 0 Å². The van der Waals surface area contributed by atoms with E-state index in [9.17, 15) is 13.2 Å². The Morgan fingerprint density at radius 3 is 2.48 bits per heavy atom. The maximum atomic E-state index is 11.8. The number of methoxy groups -OCH3 is 1. The van der Waals surface area contributed by atoms with Crippen LogP contribution in [0.4, 0.5) is 5.69 Å². The lowest BCUT2D eigenvalue weighted by atomic mass is 10.1. The van der Waals surface area contributed by atoms with Crippen molar-refractivity contribution in [1.82, 2.24) is 4.72 Å². The van der Waals surface area contributed by atoms with E-state index in [2.05, 4.69) is 10.0 Å². The molecule has 118 valence electrons. The van der Waals surface area contributed by atoms with Crippen molar-refractivity contribution >= 4 is 21.6 Å². The molecule has 1 rings (SSSR count). The molecule has 0 aliphatic rings. The number of anilines is 1. The predicted octanol–water partition coefficient (Wildman–Crippen LogP) is 0.287. The number of amides is 1. The number of hydrogen-bond donors (Lipinski definition) is 3. The van der Waals surface area contributed by atoms with Gasteiger partial charge in [-0.2, -0.15) is 0 Å². The zero-order chi connectivity index (χ0) is 15.9. The molecule has 0 saturated carbocycles. The second kappa shape index (κ2) is 8.08. The lowest BCUT2D eigenvalue weighted by Crippen LogP contribution is -2.35. The summed E-state index contributed by atoms with van der Waals surface area (Å²) in [5.41, 5.74) is 6.25. The Morgan fingerprint density at radius 1 is 1.33 bits per heavy atom. The maximum absolute atomic E-state index is 11.8. The molecule has 0 aliphatic carbocycles. The number of ether oxygens (including phenoxy) is 1. The van der Waals surface area contributed by atoms with Gasteiger partial charge in [0, 0.05) is 19.4 Å². The number of carbonyl (C=O) groups excluding carboxylic acids is 1. The molecule has 1 aromatic carbocycles. The van der Waals surface area contributed by atoms with Crippen molar-refractivity contribution in [2.75, 3.05) is 26.1 Å². The van der Waals surface area contributed by atoms with Crippen molar-refractivity contribution in [2.24, 2.45) is 5.73 Å². The fraction of sp³-hybridized carbons (Fsp3) is 0.462. The Morgan fingerprint density at radius 2 is 1.95 bits per heavy atom. The molecule has 1 aromatic rings. The lowest BCUT2D eigenvalue weighted by molar-refractivity contribution is -0.117. The molecular weight excluding hydrogens is 294 g/mol. The van der Waals surface area contributed by atoms with E-state index in [1.807, 2.05) is 0 Å². The number of nitrogens with two attached hydrogens (primary N) is 1. The van der Waals surface area contributed by atoms with Crippen molar-refractivity contribution in [2.45, 2.75) is 23.8 Å². The monoisotopic (exact) mass is 315 g/mol. The van der Waals surface area contributed by atoms with Gasteiger partial charge >= 0.3 is 0 Å². The van der Waals surface area contributed by atoms with Crippen LogP contribution in [0.3, 0.4) is 0 Å². The van der Waals surface area contributed by atoms with E-state index < -0.39 is 16.1 Å². The summed E-state index contributed by atoms with van der Waals surface area (Å²) in [5.74, 6) is -0.310. The molecule has 1 unspecified atom stereocenters. The molecule has 8 heteroatoms. The smallest absolute Gasteiger partial charge is 0.241 e. The van der Waals surface area contributed by atoms with E-state index in [1.165, 1.54) is 31.3 Å². The van der Waals surface area contributed by atoms with Crippen LogP contribution in [0.5, 0.6) is 0 Å². The SMILES string of the molecule is CNS(=O)(=O)c1ccc(NC(=O)C(N)CCCOC)cc1. The normalized spacial score (nSPS) is 12.9. The Kier molecular flexibility index (Phi) is 6.76. The van der Waals surface area contributed by atoms with Gasteiger partial charge in [-0.1, -0.05) is 0 Å². The topological polar surface area (TPSA) is 111 Å². The highest BCUT2D eigenvalue weighted by Crippen LogP contribution is 2.14. The average molecular weight is 315 g/mol. The Balaban J connectivity index is 2.61. The van der Waals surface area contributed by atoms with Crippen LogP contribution in [0.15, 0.2) is 29.2 Å². The molecule has 7 nitrogen and oxygen atoms in total. The summed E-state index contributed by atoms with van der Waals surface area (Å²) < 4.78 is 30.2. The van der Waals surface area contributed by atoms with E-state index in [1.54, 1.807) is 7.11 Å². The summed E-state index contributed by atoms with van der Waals surface area (Å²) in [7, 11) is -0.549. The van der Waals surface area contributed by atoms with Crippen molar-refractivity contribution in [3.63, 3.8) is 0 Å². The molecule has 0 bridgehead atoms. The quantitative estimate of drug-likeness (QED) is 0.597. The van der Waals surface area contributed by atoms with Gasteiger partial charge in [0.15, 0.2) is 0 Å². The minimum atomic E-state index is -3.48. The zero-order valence-corrected chi connectivity index (χ0v) is 12.9. The lowest BCUT2D eigenvalue weighted by Gasteiger charge is -2.12. The van der Waals surface area contributed by atoms with Gasteiger partial charge in [0.2, 0.25) is 15.9 Å². The van der Waals surface area contributed by atoms with Gasteiger partial charge in [-0.25, -0.2) is 13.1 Å². The Bertz CT molecular complexity index is 557. The van der Waals surface area contributed by atoms with Crippen LogP contribution in [0.1, 0.15) is 12.8 Å². The molecule has 1 atom stereocenters. The molecule has 21 heavy (non-hydrogen) atoms. The van der Waals surface area contributed by atoms with Crippen LogP contribution in [0.2, 0.25) is 0 Å². The maximum Gasteiger partial charge on any atom is 0.241 e. The van der Waals surface area contributed by atoms with E-state index in [0.717, 1.165) is 0 Å². The van der Waals surface area contributed by atoms with Gasteiger partial charge in [0.1, 0.15) is 0 Å². The first-order chi connectivity index (χ1) is 9.90. The van der Waals surface area contributed by atoms with Crippen molar-refractivity contribution < 1.29 is 17.9 Å². The second-order valence-corrected chi connectivity index (χ2v) is 6.35. The van der Waals surface area contributed by atoms with Gasteiger partial charge in [-0.05, 0) is 44.2 Å².